The van der Waals surface area contributed by atoms with Crippen LogP contribution in [0.15, 0.2) is 12.1 Å². The Balaban J connectivity index is 2.41. The van der Waals surface area contributed by atoms with Gasteiger partial charge in [0.1, 0.15) is 5.82 Å². The number of hydrogen-bond acceptors (Lipinski definition) is 3. The summed E-state index contributed by atoms with van der Waals surface area (Å²) >= 11 is 0. The van der Waals surface area contributed by atoms with Gasteiger partial charge in [-0.2, -0.15) is 0 Å². The molecule has 0 fully saturated rings. The van der Waals surface area contributed by atoms with Crippen LogP contribution >= 0.6 is 0 Å². The van der Waals surface area contributed by atoms with Crippen molar-refractivity contribution in [3.8, 4) is 0 Å². The van der Waals surface area contributed by atoms with Crippen molar-refractivity contribution in [3.05, 3.63) is 23.8 Å². The van der Waals surface area contributed by atoms with Crippen LogP contribution in [0.25, 0.3) is 0 Å². The van der Waals surface area contributed by atoms with E-state index in [2.05, 4.69) is 0 Å². The van der Waals surface area contributed by atoms with E-state index < -0.39 is 11.6 Å². The minimum Gasteiger partial charge on any atom is -0.373 e. The number of halogens is 2. The molecular formula is C13H19F2N3. The molecule has 0 atom stereocenters. The van der Waals surface area contributed by atoms with E-state index in [0.717, 1.165) is 32.0 Å². The van der Waals surface area contributed by atoms with E-state index in [4.69, 9.17) is 5.73 Å². The molecule has 18 heavy (non-hydrogen) atoms. The number of rotatable bonds is 3. The first-order chi connectivity index (χ1) is 8.63. The predicted octanol–water partition coefficient (Wildman–Crippen LogP) is 1.96. The van der Waals surface area contributed by atoms with Crippen molar-refractivity contribution in [1.29, 1.82) is 0 Å². The molecule has 2 rings (SSSR count). The number of benzene rings is 1. The van der Waals surface area contributed by atoms with Gasteiger partial charge >= 0.3 is 0 Å². The highest BCUT2D eigenvalue weighted by atomic mass is 19.1. The van der Waals surface area contributed by atoms with Crippen molar-refractivity contribution in [3.63, 3.8) is 0 Å². The third kappa shape index (κ3) is 2.56. The van der Waals surface area contributed by atoms with Crippen LogP contribution in [0.3, 0.4) is 0 Å². The standard InChI is InChI=1S/C13H19F2N3/c1-17-5-3-7-18(6-2-4-16)13-11(15)8-10(14)9-12(13)17/h8-9H,2-7,16H2,1H3. The quantitative estimate of drug-likeness (QED) is 0.896. The lowest BCUT2D eigenvalue weighted by molar-refractivity contribution is 0.578. The molecule has 1 aliphatic rings. The van der Waals surface area contributed by atoms with E-state index in [1.807, 2.05) is 16.8 Å². The highest BCUT2D eigenvalue weighted by Crippen LogP contribution is 2.35. The molecule has 0 aliphatic carbocycles. The van der Waals surface area contributed by atoms with Gasteiger partial charge in [-0.3, -0.25) is 0 Å². The fraction of sp³-hybridized carbons (Fsp3) is 0.538. The van der Waals surface area contributed by atoms with E-state index >= 15 is 0 Å². The molecule has 0 saturated heterocycles. The van der Waals surface area contributed by atoms with Crippen LogP contribution in [0.1, 0.15) is 12.8 Å². The molecule has 0 radical (unpaired) electrons. The summed E-state index contributed by atoms with van der Waals surface area (Å²) in [6.07, 6.45) is 1.73. The van der Waals surface area contributed by atoms with Gasteiger partial charge in [-0.05, 0) is 25.5 Å². The van der Waals surface area contributed by atoms with Gasteiger partial charge < -0.3 is 15.5 Å². The fourth-order valence-corrected chi connectivity index (χ4v) is 2.39. The monoisotopic (exact) mass is 255 g/mol. The van der Waals surface area contributed by atoms with E-state index in [1.54, 1.807) is 0 Å². The Morgan fingerprint density at radius 1 is 1.28 bits per heavy atom. The van der Waals surface area contributed by atoms with Crippen LogP contribution in [0.2, 0.25) is 0 Å². The summed E-state index contributed by atoms with van der Waals surface area (Å²) in [7, 11) is 1.87. The molecule has 0 bridgehead atoms. The Bertz CT molecular complexity index is 423. The summed E-state index contributed by atoms with van der Waals surface area (Å²) in [6.45, 7) is 2.86. The minimum absolute atomic E-state index is 0.490. The minimum atomic E-state index is -0.529. The largest absolute Gasteiger partial charge is 0.373 e. The molecule has 5 heteroatoms. The fourth-order valence-electron chi connectivity index (χ4n) is 2.39. The Morgan fingerprint density at radius 3 is 2.78 bits per heavy atom. The van der Waals surface area contributed by atoms with Crippen LogP contribution in [0, 0.1) is 11.6 Å². The van der Waals surface area contributed by atoms with E-state index in [0.29, 0.717) is 24.5 Å². The van der Waals surface area contributed by atoms with Crippen molar-refractivity contribution in [2.75, 3.05) is 43.0 Å². The molecule has 0 saturated carbocycles. The van der Waals surface area contributed by atoms with Crippen molar-refractivity contribution in [2.45, 2.75) is 12.8 Å². The van der Waals surface area contributed by atoms with Crippen molar-refractivity contribution < 1.29 is 8.78 Å². The molecule has 2 N–H and O–H groups in total. The second kappa shape index (κ2) is 5.52. The van der Waals surface area contributed by atoms with Gasteiger partial charge in [0, 0.05) is 32.7 Å². The summed E-state index contributed by atoms with van der Waals surface area (Å²) in [4.78, 5) is 3.88. The van der Waals surface area contributed by atoms with Crippen LogP contribution in [0.5, 0.6) is 0 Å². The lowest BCUT2D eigenvalue weighted by atomic mass is 10.2. The normalized spacial score (nSPS) is 15.6. The molecule has 1 heterocycles. The molecule has 0 amide bonds. The molecule has 100 valence electrons. The Morgan fingerprint density at radius 2 is 2.06 bits per heavy atom. The molecule has 0 spiro atoms. The number of hydrogen-bond donors (Lipinski definition) is 1. The summed E-state index contributed by atoms with van der Waals surface area (Å²) in [6, 6.07) is 2.35. The highest BCUT2D eigenvalue weighted by molar-refractivity contribution is 5.72. The maximum atomic E-state index is 14.0. The lowest BCUT2D eigenvalue weighted by Gasteiger charge is -2.26. The van der Waals surface area contributed by atoms with Gasteiger partial charge in [0.2, 0.25) is 0 Å². The second-order valence-corrected chi connectivity index (χ2v) is 4.66. The number of fused-ring (bicyclic) bond motifs is 1. The Kier molecular flexibility index (Phi) is 4.01. The van der Waals surface area contributed by atoms with Gasteiger partial charge in [-0.15, -0.1) is 0 Å². The smallest absolute Gasteiger partial charge is 0.151 e. The zero-order valence-corrected chi connectivity index (χ0v) is 10.6. The van der Waals surface area contributed by atoms with E-state index in [1.165, 1.54) is 6.07 Å². The van der Waals surface area contributed by atoms with Crippen molar-refractivity contribution >= 4 is 11.4 Å². The van der Waals surface area contributed by atoms with Gasteiger partial charge in [0.25, 0.3) is 0 Å². The first kappa shape index (κ1) is 13.1. The maximum Gasteiger partial charge on any atom is 0.151 e. The summed E-state index contributed by atoms with van der Waals surface area (Å²) in [5.74, 6) is -1.02. The first-order valence-electron chi connectivity index (χ1n) is 6.28. The predicted molar refractivity (Wildman–Crippen MR) is 70.1 cm³/mol. The van der Waals surface area contributed by atoms with Gasteiger partial charge in [-0.1, -0.05) is 0 Å². The molecular weight excluding hydrogens is 236 g/mol. The SMILES string of the molecule is CN1CCCN(CCCN)c2c(F)cc(F)cc21. The Hall–Kier alpha value is -1.36. The third-order valence-electron chi connectivity index (χ3n) is 3.29. The second-order valence-electron chi connectivity index (χ2n) is 4.66. The lowest BCUT2D eigenvalue weighted by Crippen LogP contribution is -2.27. The zero-order chi connectivity index (χ0) is 13.1. The topological polar surface area (TPSA) is 32.5 Å². The average Bonchev–Trinajstić information content (AvgIpc) is 2.47. The Labute approximate surface area is 106 Å². The van der Waals surface area contributed by atoms with Crippen molar-refractivity contribution in [2.24, 2.45) is 5.73 Å². The third-order valence-corrected chi connectivity index (χ3v) is 3.29. The average molecular weight is 255 g/mol. The molecule has 0 aromatic heterocycles. The van der Waals surface area contributed by atoms with Gasteiger partial charge in [0.05, 0.1) is 11.4 Å². The number of anilines is 2. The molecule has 0 unspecified atom stereocenters. The molecule has 1 aromatic rings. The van der Waals surface area contributed by atoms with Gasteiger partial charge in [-0.25, -0.2) is 8.78 Å². The maximum absolute atomic E-state index is 14.0. The van der Waals surface area contributed by atoms with Crippen LogP contribution in [-0.2, 0) is 0 Å². The molecule has 1 aromatic carbocycles. The molecule has 3 nitrogen and oxygen atoms in total. The first-order valence-corrected chi connectivity index (χ1v) is 6.28. The highest BCUT2D eigenvalue weighted by Gasteiger charge is 2.22. The van der Waals surface area contributed by atoms with E-state index in [-0.39, 0.29) is 0 Å². The van der Waals surface area contributed by atoms with E-state index in [9.17, 15) is 8.78 Å². The zero-order valence-electron chi connectivity index (χ0n) is 10.6. The summed E-state index contributed by atoms with van der Waals surface area (Å²) < 4.78 is 27.4. The molecule has 1 aliphatic heterocycles. The van der Waals surface area contributed by atoms with Gasteiger partial charge in [0.15, 0.2) is 5.82 Å². The van der Waals surface area contributed by atoms with Crippen LogP contribution < -0.4 is 15.5 Å². The van der Waals surface area contributed by atoms with Crippen molar-refractivity contribution in [1.82, 2.24) is 0 Å². The summed E-state index contributed by atoms with van der Waals surface area (Å²) in [5, 5.41) is 0. The summed E-state index contributed by atoms with van der Waals surface area (Å²) in [5.41, 5.74) is 6.63. The van der Waals surface area contributed by atoms with Crippen LogP contribution in [-0.4, -0.2) is 33.2 Å². The van der Waals surface area contributed by atoms with Crippen LogP contribution in [0.4, 0.5) is 20.2 Å². The number of nitrogens with zero attached hydrogens (tertiary/aromatic N) is 2. The number of nitrogens with two attached hydrogens (primary N) is 1.